The van der Waals surface area contributed by atoms with Crippen LogP contribution in [0.2, 0.25) is 5.02 Å². The van der Waals surface area contributed by atoms with Crippen molar-refractivity contribution >= 4 is 38.4 Å². The lowest BCUT2D eigenvalue weighted by Crippen LogP contribution is -2.22. The third-order valence-electron chi connectivity index (χ3n) is 3.12. The minimum absolute atomic E-state index is 0.316. The zero-order valence-electron chi connectivity index (χ0n) is 9.20. The third-order valence-corrected chi connectivity index (χ3v) is 3.99. The summed E-state index contributed by atoms with van der Waals surface area (Å²) in [6.07, 6.45) is 2.19. The van der Waals surface area contributed by atoms with Crippen molar-refractivity contribution in [1.29, 1.82) is 0 Å². The van der Waals surface area contributed by atoms with E-state index in [0.717, 1.165) is 46.6 Å². The molecule has 0 N–H and O–H groups in total. The van der Waals surface area contributed by atoms with E-state index < -0.39 is 0 Å². The highest BCUT2D eigenvalue weighted by molar-refractivity contribution is 9.10. The maximum absolute atomic E-state index is 6.20. The van der Waals surface area contributed by atoms with Crippen LogP contribution in [0.15, 0.2) is 22.8 Å². The van der Waals surface area contributed by atoms with E-state index in [0.29, 0.717) is 6.04 Å². The van der Waals surface area contributed by atoms with Gasteiger partial charge in [0.2, 0.25) is 0 Å². The number of nitrogens with zero attached hydrogens (tertiary/aromatic N) is 2. The number of rotatable bonds is 1. The van der Waals surface area contributed by atoms with Crippen LogP contribution >= 0.6 is 27.5 Å². The minimum Gasteiger partial charge on any atom is -0.379 e. The van der Waals surface area contributed by atoms with E-state index in [1.54, 1.807) is 0 Å². The lowest BCUT2D eigenvalue weighted by molar-refractivity contribution is 0.0564. The smallest absolute Gasteiger partial charge is 0.137 e. The van der Waals surface area contributed by atoms with Crippen LogP contribution in [0.3, 0.4) is 0 Å². The molecule has 1 aromatic heterocycles. The van der Waals surface area contributed by atoms with Gasteiger partial charge in [-0.1, -0.05) is 17.7 Å². The van der Waals surface area contributed by atoms with Gasteiger partial charge in [0.15, 0.2) is 0 Å². The summed E-state index contributed by atoms with van der Waals surface area (Å²) in [5.74, 6) is 0. The molecule has 2 heterocycles. The van der Waals surface area contributed by atoms with Crippen LogP contribution in [0.25, 0.3) is 10.9 Å². The fourth-order valence-corrected chi connectivity index (χ4v) is 3.26. The van der Waals surface area contributed by atoms with E-state index in [1.165, 1.54) is 0 Å². The molecule has 0 amide bonds. The Morgan fingerprint density at radius 2 is 2.35 bits per heavy atom. The summed E-state index contributed by atoms with van der Waals surface area (Å²) < 4.78 is 8.36. The van der Waals surface area contributed by atoms with E-state index in [-0.39, 0.29) is 0 Å². The highest BCUT2D eigenvalue weighted by atomic mass is 79.9. The molecule has 1 aliphatic heterocycles. The first-order chi connectivity index (χ1) is 8.27. The zero-order valence-corrected chi connectivity index (χ0v) is 11.5. The number of halogens is 2. The molecule has 1 atom stereocenters. The second-order valence-corrected chi connectivity index (χ2v) is 5.40. The van der Waals surface area contributed by atoms with Crippen molar-refractivity contribution in [2.75, 3.05) is 13.2 Å². The van der Waals surface area contributed by atoms with Crippen LogP contribution in [-0.2, 0) is 4.74 Å². The van der Waals surface area contributed by atoms with Gasteiger partial charge in [-0.2, -0.15) is 5.10 Å². The molecule has 0 spiro atoms. The average Bonchev–Trinajstić information content (AvgIpc) is 2.69. The lowest BCUT2D eigenvalue weighted by atomic mass is 10.1. The van der Waals surface area contributed by atoms with Gasteiger partial charge in [0.05, 0.1) is 28.6 Å². The Morgan fingerprint density at radius 3 is 3.12 bits per heavy atom. The Bertz CT molecular complexity index is 549. The van der Waals surface area contributed by atoms with Crippen LogP contribution in [0, 0.1) is 0 Å². The number of benzene rings is 1. The Balaban J connectivity index is 2.13. The van der Waals surface area contributed by atoms with Gasteiger partial charge in [-0.15, -0.1) is 0 Å². The lowest BCUT2D eigenvalue weighted by Gasteiger charge is -2.23. The van der Waals surface area contributed by atoms with Gasteiger partial charge in [0.1, 0.15) is 4.60 Å². The minimum atomic E-state index is 0.316. The molecule has 90 valence electrons. The SMILES string of the molecule is Clc1cccc2c1c(Br)nn2C1CCCOC1. The van der Waals surface area contributed by atoms with Gasteiger partial charge in [0, 0.05) is 6.61 Å². The van der Waals surface area contributed by atoms with E-state index in [4.69, 9.17) is 16.3 Å². The molecule has 5 heteroatoms. The maximum atomic E-state index is 6.20. The van der Waals surface area contributed by atoms with E-state index in [2.05, 4.69) is 21.0 Å². The van der Waals surface area contributed by atoms with Gasteiger partial charge < -0.3 is 4.74 Å². The largest absolute Gasteiger partial charge is 0.379 e. The van der Waals surface area contributed by atoms with Crippen LogP contribution < -0.4 is 0 Å². The second kappa shape index (κ2) is 4.59. The molecule has 0 bridgehead atoms. The summed E-state index contributed by atoms with van der Waals surface area (Å²) in [7, 11) is 0. The van der Waals surface area contributed by atoms with Crippen LogP contribution in [0.1, 0.15) is 18.9 Å². The topological polar surface area (TPSA) is 27.1 Å². The van der Waals surface area contributed by atoms with E-state index in [9.17, 15) is 0 Å². The van der Waals surface area contributed by atoms with Crippen molar-refractivity contribution in [2.24, 2.45) is 0 Å². The molecular weight excluding hydrogens is 304 g/mol. The molecule has 1 saturated heterocycles. The van der Waals surface area contributed by atoms with Crippen LogP contribution in [-0.4, -0.2) is 23.0 Å². The molecule has 2 aromatic rings. The molecule has 3 nitrogen and oxygen atoms in total. The summed E-state index contributed by atoms with van der Waals surface area (Å²) in [6.45, 7) is 1.59. The van der Waals surface area contributed by atoms with Gasteiger partial charge in [0.25, 0.3) is 0 Å². The number of ether oxygens (including phenoxy) is 1. The molecular formula is C12H12BrClN2O. The Labute approximate surface area is 113 Å². The molecule has 0 radical (unpaired) electrons. The normalized spacial score (nSPS) is 20.9. The molecule has 3 rings (SSSR count). The molecule has 1 aromatic carbocycles. The third kappa shape index (κ3) is 1.98. The first-order valence-electron chi connectivity index (χ1n) is 5.67. The van der Waals surface area contributed by atoms with Crippen LogP contribution in [0.4, 0.5) is 0 Å². The van der Waals surface area contributed by atoms with Gasteiger partial charge in [-0.3, -0.25) is 4.68 Å². The highest BCUT2D eigenvalue weighted by Gasteiger charge is 2.20. The number of aromatic nitrogens is 2. The standard InChI is InChI=1S/C12H12BrClN2O/c13-12-11-9(14)4-1-5-10(11)16(15-12)8-3-2-6-17-7-8/h1,4-5,8H,2-3,6-7H2. The molecule has 1 fully saturated rings. The van der Waals surface area contributed by atoms with Crippen molar-refractivity contribution in [1.82, 2.24) is 9.78 Å². The van der Waals surface area contributed by atoms with Gasteiger partial charge in [-0.05, 0) is 40.9 Å². The van der Waals surface area contributed by atoms with E-state index in [1.807, 2.05) is 22.9 Å². The Kier molecular flexibility index (Phi) is 3.11. The molecule has 0 saturated carbocycles. The summed E-state index contributed by atoms with van der Waals surface area (Å²) in [4.78, 5) is 0. The average molecular weight is 316 g/mol. The van der Waals surface area contributed by atoms with E-state index >= 15 is 0 Å². The summed E-state index contributed by atoms with van der Waals surface area (Å²) in [5.41, 5.74) is 1.07. The number of hydrogen-bond acceptors (Lipinski definition) is 2. The van der Waals surface area contributed by atoms with Crippen molar-refractivity contribution in [3.05, 3.63) is 27.8 Å². The molecule has 0 aliphatic carbocycles. The number of hydrogen-bond donors (Lipinski definition) is 0. The van der Waals surface area contributed by atoms with Gasteiger partial charge >= 0.3 is 0 Å². The summed E-state index contributed by atoms with van der Waals surface area (Å²) in [5, 5.41) is 6.26. The molecule has 1 unspecified atom stereocenters. The Hall–Kier alpha value is -0.580. The highest BCUT2D eigenvalue weighted by Crippen LogP contribution is 2.33. The summed E-state index contributed by atoms with van der Waals surface area (Å²) >= 11 is 9.68. The Morgan fingerprint density at radius 1 is 1.47 bits per heavy atom. The fraction of sp³-hybridized carbons (Fsp3) is 0.417. The quantitative estimate of drug-likeness (QED) is 0.800. The van der Waals surface area contributed by atoms with Crippen molar-refractivity contribution in [3.63, 3.8) is 0 Å². The first-order valence-corrected chi connectivity index (χ1v) is 6.84. The second-order valence-electron chi connectivity index (χ2n) is 4.24. The predicted octanol–water partition coefficient (Wildman–Crippen LogP) is 3.80. The van der Waals surface area contributed by atoms with Crippen molar-refractivity contribution in [2.45, 2.75) is 18.9 Å². The molecule has 17 heavy (non-hydrogen) atoms. The molecule has 1 aliphatic rings. The number of fused-ring (bicyclic) bond motifs is 1. The van der Waals surface area contributed by atoms with Crippen molar-refractivity contribution in [3.8, 4) is 0 Å². The zero-order chi connectivity index (χ0) is 11.8. The predicted molar refractivity (Wildman–Crippen MR) is 71.5 cm³/mol. The van der Waals surface area contributed by atoms with Crippen molar-refractivity contribution < 1.29 is 4.74 Å². The van der Waals surface area contributed by atoms with Gasteiger partial charge in [-0.25, -0.2) is 0 Å². The monoisotopic (exact) mass is 314 g/mol. The fourth-order valence-electron chi connectivity index (χ4n) is 2.30. The summed E-state index contributed by atoms with van der Waals surface area (Å²) in [6, 6.07) is 6.21. The first kappa shape index (κ1) is 11.5. The maximum Gasteiger partial charge on any atom is 0.137 e. The van der Waals surface area contributed by atoms with Crippen LogP contribution in [0.5, 0.6) is 0 Å².